The van der Waals surface area contributed by atoms with Crippen LogP contribution in [0.15, 0.2) is 18.2 Å². The Kier molecular flexibility index (Phi) is 6.25. The molecule has 1 saturated carbocycles. The van der Waals surface area contributed by atoms with Gasteiger partial charge in [0.15, 0.2) is 5.13 Å². The molecule has 1 aromatic carbocycles. The van der Waals surface area contributed by atoms with Crippen LogP contribution in [0, 0.1) is 12.8 Å². The number of nitrogens with one attached hydrogen (secondary N) is 1. The second-order valence-corrected chi connectivity index (χ2v) is 10.1. The summed E-state index contributed by atoms with van der Waals surface area (Å²) >= 11 is 1.70. The van der Waals surface area contributed by atoms with E-state index in [1.165, 1.54) is 34.5 Å². The van der Waals surface area contributed by atoms with Crippen molar-refractivity contribution in [3.05, 3.63) is 39.9 Å². The van der Waals surface area contributed by atoms with Gasteiger partial charge in [0.2, 0.25) is 5.91 Å². The van der Waals surface area contributed by atoms with E-state index in [0.717, 1.165) is 69.4 Å². The first kappa shape index (κ1) is 20.9. The Morgan fingerprint density at radius 1 is 1.23 bits per heavy atom. The van der Waals surface area contributed by atoms with Gasteiger partial charge in [0, 0.05) is 50.7 Å². The fraction of sp³-hybridized carbons (Fsp3) is 0.583. The van der Waals surface area contributed by atoms with Crippen molar-refractivity contribution in [2.45, 2.75) is 52.2 Å². The predicted octanol–water partition coefficient (Wildman–Crippen LogP) is 4.10. The van der Waals surface area contributed by atoms with Crippen LogP contribution < -0.4 is 5.32 Å². The van der Waals surface area contributed by atoms with Crippen LogP contribution in [0.4, 0.5) is 10.8 Å². The van der Waals surface area contributed by atoms with Gasteiger partial charge in [-0.2, -0.15) is 0 Å². The molecule has 6 nitrogen and oxygen atoms in total. The number of anilines is 2. The number of aromatic nitrogens is 1. The molecule has 0 bridgehead atoms. The SMILES string of the molecule is Cc1c(CN2CCN(C(=O)C3CCCC3)CC2)cccc1Nc1nc2c(s1)COCC2. The third-order valence-electron chi connectivity index (χ3n) is 6.96. The molecule has 166 valence electrons. The molecule has 1 amide bonds. The topological polar surface area (TPSA) is 57.7 Å². The molecule has 1 aromatic heterocycles. The molecule has 2 aromatic rings. The number of hydrogen-bond donors (Lipinski definition) is 1. The molecule has 1 N–H and O–H groups in total. The minimum atomic E-state index is 0.291. The quantitative estimate of drug-likeness (QED) is 0.759. The highest BCUT2D eigenvalue weighted by Crippen LogP contribution is 2.31. The number of hydrogen-bond acceptors (Lipinski definition) is 6. The molecule has 3 heterocycles. The van der Waals surface area contributed by atoms with Crippen LogP contribution in [0.3, 0.4) is 0 Å². The first-order valence-corrected chi connectivity index (χ1v) is 12.4. The van der Waals surface area contributed by atoms with Crippen molar-refractivity contribution in [1.82, 2.24) is 14.8 Å². The van der Waals surface area contributed by atoms with Gasteiger partial charge < -0.3 is 15.0 Å². The molecule has 5 rings (SSSR count). The number of thiazole rings is 1. The zero-order chi connectivity index (χ0) is 21.2. The Bertz CT molecular complexity index is 906. The summed E-state index contributed by atoms with van der Waals surface area (Å²) in [6.07, 6.45) is 5.52. The summed E-state index contributed by atoms with van der Waals surface area (Å²) in [7, 11) is 0. The number of carbonyl (C=O) groups is 1. The molecule has 1 saturated heterocycles. The van der Waals surface area contributed by atoms with E-state index in [1.807, 2.05) is 0 Å². The summed E-state index contributed by atoms with van der Waals surface area (Å²) in [5, 5.41) is 4.49. The molecular formula is C24H32N4O2S. The average Bonchev–Trinajstić information content (AvgIpc) is 3.46. The monoisotopic (exact) mass is 440 g/mol. The van der Waals surface area contributed by atoms with Crippen molar-refractivity contribution in [2.24, 2.45) is 5.92 Å². The lowest BCUT2D eigenvalue weighted by atomic mass is 10.0. The summed E-state index contributed by atoms with van der Waals surface area (Å²) in [5.41, 5.74) is 4.92. The lowest BCUT2D eigenvalue weighted by molar-refractivity contribution is -0.137. The number of rotatable bonds is 5. The lowest BCUT2D eigenvalue weighted by Crippen LogP contribution is -2.49. The van der Waals surface area contributed by atoms with E-state index >= 15 is 0 Å². The number of nitrogens with zero attached hydrogens (tertiary/aromatic N) is 3. The van der Waals surface area contributed by atoms with Crippen molar-refractivity contribution >= 4 is 28.1 Å². The van der Waals surface area contributed by atoms with E-state index < -0.39 is 0 Å². The number of piperazine rings is 1. The van der Waals surface area contributed by atoms with Crippen LogP contribution in [-0.2, 0) is 29.1 Å². The highest BCUT2D eigenvalue weighted by molar-refractivity contribution is 7.15. The van der Waals surface area contributed by atoms with Gasteiger partial charge in [-0.15, -0.1) is 0 Å². The number of fused-ring (bicyclic) bond motifs is 1. The Labute approximate surface area is 188 Å². The van der Waals surface area contributed by atoms with Gasteiger partial charge >= 0.3 is 0 Å². The number of ether oxygens (including phenoxy) is 1. The minimum Gasteiger partial charge on any atom is -0.375 e. The Morgan fingerprint density at radius 3 is 2.81 bits per heavy atom. The molecule has 3 aliphatic rings. The summed E-state index contributed by atoms with van der Waals surface area (Å²) in [5.74, 6) is 0.690. The van der Waals surface area contributed by atoms with Gasteiger partial charge in [-0.25, -0.2) is 4.98 Å². The first-order valence-electron chi connectivity index (χ1n) is 11.6. The summed E-state index contributed by atoms with van der Waals surface area (Å²) < 4.78 is 5.55. The first-order chi connectivity index (χ1) is 15.2. The van der Waals surface area contributed by atoms with Crippen LogP contribution in [0.5, 0.6) is 0 Å². The fourth-order valence-corrected chi connectivity index (χ4v) is 5.94. The molecule has 31 heavy (non-hydrogen) atoms. The van der Waals surface area contributed by atoms with E-state index in [4.69, 9.17) is 9.72 Å². The highest BCUT2D eigenvalue weighted by atomic mass is 32.1. The smallest absolute Gasteiger partial charge is 0.225 e. The zero-order valence-corrected chi connectivity index (χ0v) is 19.2. The van der Waals surface area contributed by atoms with Crippen molar-refractivity contribution in [3.8, 4) is 0 Å². The molecule has 0 radical (unpaired) electrons. The van der Waals surface area contributed by atoms with Crippen LogP contribution >= 0.6 is 11.3 Å². The molecule has 7 heteroatoms. The molecule has 1 aliphatic carbocycles. The van der Waals surface area contributed by atoms with E-state index in [-0.39, 0.29) is 0 Å². The van der Waals surface area contributed by atoms with Crippen LogP contribution in [0.2, 0.25) is 0 Å². The normalized spacial score (nSPS) is 20.1. The largest absolute Gasteiger partial charge is 0.375 e. The third kappa shape index (κ3) is 4.64. The van der Waals surface area contributed by atoms with Gasteiger partial charge in [-0.3, -0.25) is 9.69 Å². The van der Waals surface area contributed by atoms with Gasteiger partial charge in [-0.05, 0) is 37.0 Å². The second-order valence-electron chi connectivity index (χ2n) is 8.99. The van der Waals surface area contributed by atoms with Crippen LogP contribution in [-0.4, -0.2) is 53.5 Å². The van der Waals surface area contributed by atoms with Crippen molar-refractivity contribution < 1.29 is 9.53 Å². The maximum absolute atomic E-state index is 12.7. The maximum Gasteiger partial charge on any atom is 0.225 e. The van der Waals surface area contributed by atoms with Gasteiger partial charge in [0.1, 0.15) is 0 Å². The van der Waals surface area contributed by atoms with E-state index in [0.29, 0.717) is 18.4 Å². The van der Waals surface area contributed by atoms with Gasteiger partial charge in [0.05, 0.1) is 23.8 Å². The molecule has 0 atom stereocenters. The Morgan fingerprint density at radius 2 is 2.03 bits per heavy atom. The summed E-state index contributed by atoms with van der Waals surface area (Å²) in [6, 6.07) is 6.48. The fourth-order valence-electron chi connectivity index (χ4n) is 4.98. The highest BCUT2D eigenvalue weighted by Gasteiger charge is 2.29. The number of benzene rings is 1. The maximum atomic E-state index is 12.7. The average molecular weight is 441 g/mol. The summed E-state index contributed by atoms with van der Waals surface area (Å²) in [4.78, 5) is 23.3. The van der Waals surface area contributed by atoms with Crippen LogP contribution in [0.1, 0.15) is 47.4 Å². The Balaban J connectivity index is 1.20. The molecule has 0 unspecified atom stereocenters. The predicted molar refractivity (Wildman–Crippen MR) is 124 cm³/mol. The van der Waals surface area contributed by atoms with Crippen molar-refractivity contribution in [1.29, 1.82) is 0 Å². The molecule has 0 spiro atoms. The molecular weight excluding hydrogens is 408 g/mol. The zero-order valence-electron chi connectivity index (χ0n) is 18.4. The molecule has 2 fully saturated rings. The van der Waals surface area contributed by atoms with Gasteiger partial charge in [0.25, 0.3) is 0 Å². The molecule has 2 aliphatic heterocycles. The third-order valence-corrected chi connectivity index (χ3v) is 7.95. The summed E-state index contributed by atoms with van der Waals surface area (Å²) in [6.45, 7) is 8.19. The van der Waals surface area contributed by atoms with Crippen molar-refractivity contribution in [2.75, 3.05) is 38.1 Å². The lowest BCUT2D eigenvalue weighted by Gasteiger charge is -2.36. The second kappa shape index (κ2) is 9.27. The Hall–Kier alpha value is -1.96. The number of amides is 1. The minimum absolute atomic E-state index is 0.291. The van der Waals surface area contributed by atoms with E-state index in [9.17, 15) is 4.79 Å². The standard InChI is InChI=1S/C24H32N4O2S/c1-17-19(15-27-10-12-28(13-11-27)23(29)18-5-2-3-6-18)7-4-8-20(17)25-24-26-21-9-14-30-16-22(21)31-24/h4,7-8,18H,2-3,5-6,9-16H2,1H3,(H,25,26). The number of carbonyl (C=O) groups excluding carboxylic acids is 1. The van der Waals surface area contributed by atoms with Crippen molar-refractivity contribution in [3.63, 3.8) is 0 Å². The van der Waals surface area contributed by atoms with Crippen LogP contribution in [0.25, 0.3) is 0 Å². The van der Waals surface area contributed by atoms with E-state index in [1.54, 1.807) is 11.3 Å². The van der Waals surface area contributed by atoms with Gasteiger partial charge in [-0.1, -0.05) is 36.3 Å². The van der Waals surface area contributed by atoms with E-state index in [2.05, 4.69) is 40.2 Å².